The highest BCUT2D eigenvalue weighted by atomic mass is 16.5. The topological polar surface area (TPSA) is 72.3 Å². The smallest absolute Gasteiger partial charge is 0.273 e. The second-order valence-corrected chi connectivity index (χ2v) is 6.59. The molecular formula is C16H29N5O2. The van der Waals surface area contributed by atoms with Crippen molar-refractivity contribution >= 4 is 5.91 Å². The van der Waals surface area contributed by atoms with Crippen LogP contribution in [0.3, 0.4) is 0 Å². The molecule has 130 valence electrons. The first kappa shape index (κ1) is 17.9. The molecule has 7 nitrogen and oxygen atoms in total. The quantitative estimate of drug-likeness (QED) is 0.691. The third kappa shape index (κ3) is 5.58. The second kappa shape index (κ2) is 8.98. The van der Waals surface area contributed by atoms with Crippen LogP contribution >= 0.6 is 0 Å². The Kier molecular flexibility index (Phi) is 6.98. The van der Waals surface area contributed by atoms with Crippen LogP contribution < -0.4 is 5.32 Å². The highest BCUT2D eigenvalue weighted by molar-refractivity contribution is 5.91. The van der Waals surface area contributed by atoms with Gasteiger partial charge in [-0.3, -0.25) is 14.4 Å². The number of nitrogens with one attached hydrogen (secondary N) is 1. The van der Waals surface area contributed by atoms with E-state index in [9.17, 15) is 4.79 Å². The summed E-state index contributed by atoms with van der Waals surface area (Å²) in [6, 6.07) is 0.500. The van der Waals surface area contributed by atoms with Crippen LogP contribution in [0.15, 0.2) is 6.20 Å². The Bertz CT molecular complexity index is 489. The van der Waals surface area contributed by atoms with Crippen molar-refractivity contribution in [1.82, 2.24) is 25.2 Å². The average molecular weight is 323 g/mol. The first-order chi connectivity index (χ1) is 11.1. The highest BCUT2D eigenvalue weighted by Gasteiger charge is 2.25. The van der Waals surface area contributed by atoms with Gasteiger partial charge in [0.2, 0.25) is 0 Å². The fourth-order valence-corrected chi connectivity index (χ4v) is 2.89. The van der Waals surface area contributed by atoms with Crippen molar-refractivity contribution in [3.63, 3.8) is 0 Å². The molecule has 1 atom stereocenters. The maximum Gasteiger partial charge on any atom is 0.273 e. The zero-order valence-corrected chi connectivity index (χ0v) is 14.5. The molecule has 1 N–H and O–H groups in total. The van der Waals surface area contributed by atoms with Gasteiger partial charge in [-0.15, -0.1) is 5.10 Å². The van der Waals surface area contributed by atoms with Crippen molar-refractivity contribution in [3.8, 4) is 0 Å². The van der Waals surface area contributed by atoms with Gasteiger partial charge in [-0.25, -0.2) is 0 Å². The van der Waals surface area contributed by atoms with Crippen molar-refractivity contribution < 1.29 is 9.53 Å². The van der Waals surface area contributed by atoms with Crippen LogP contribution in [0, 0.1) is 5.92 Å². The summed E-state index contributed by atoms with van der Waals surface area (Å²) in [7, 11) is 1.61. The number of nitrogens with zero attached hydrogens (tertiary/aromatic N) is 4. The predicted molar refractivity (Wildman–Crippen MR) is 88.3 cm³/mol. The van der Waals surface area contributed by atoms with Crippen molar-refractivity contribution in [3.05, 3.63) is 11.9 Å². The van der Waals surface area contributed by atoms with Gasteiger partial charge in [0.1, 0.15) is 0 Å². The lowest BCUT2D eigenvalue weighted by molar-refractivity contribution is 0.0932. The number of hydrogen-bond acceptors (Lipinski definition) is 5. The van der Waals surface area contributed by atoms with Gasteiger partial charge in [-0.05, 0) is 38.3 Å². The third-order valence-electron chi connectivity index (χ3n) is 4.25. The molecule has 2 heterocycles. The number of carbonyl (C=O) groups is 1. The van der Waals surface area contributed by atoms with Crippen LogP contribution in [0.4, 0.5) is 0 Å². The van der Waals surface area contributed by atoms with Gasteiger partial charge in [-0.2, -0.15) is 0 Å². The van der Waals surface area contributed by atoms with Crippen molar-refractivity contribution in [2.24, 2.45) is 5.92 Å². The fourth-order valence-electron chi connectivity index (χ4n) is 2.89. The number of likely N-dealkylation sites (tertiary alicyclic amines) is 1. The van der Waals surface area contributed by atoms with Gasteiger partial charge >= 0.3 is 0 Å². The van der Waals surface area contributed by atoms with Crippen LogP contribution in [-0.4, -0.2) is 65.2 Å². The molecule has 1 aliphatic heterocycles. The van der Waals surface area contributed by atoms with E-state index in [0.717, 1.165) is 25.6 Å². The Balaban J connectivity index is 1.84. The van der Waals surface area contributed by atoms with Crippen LogP contribution in [0.2, 0.25) is 0 Å². The zero-order valence-electron chi connectivity index (χ0n) is 14.5. The predicted octanol–water partition coefficient (Wildman–Crippen LogP) is 1.16. The molecule has 1 saturated heterocycles. The molecule has 1 amide bonds. The molecule has 23 heavy (non-hydrogen) atoms. The first-order valence-corrected chi connectivity index (χ1v) is 8.51. The van der Waals surface area contributed by atoms with Crippen LogP contribution in [0.1, 0.15) is 43.6 Å². The van der Waals surface area contributed by atoms with E-state index in [0.29, 0.717) is 24.9 Å². The maximum absolute atomic E-state index is 11.9. The van der Waals surface area contributed by atoms with Crippen molar-refractivity contribution in [1.29, 1.82) is 0 Å². The van der Waals surface area contributed by atoms with Crippen LogP contribution in [-0.2, 0) is 11.3 Å². The summed E-state index contributed by atoms with van der Waals surface area (Å²) in [5.41, 5.74) is 0.368. The lowest BCUT2D eigenvalue weighted by Crippen LogP contribution is -2.34. The Hall–Kier alpha value is -1.47. The lowest BCUT2D eigenvalue weighted by atomic mass is 10.1. The molecule has 0 radical (unpaired) electrons. The lowest BCUT2D eigenvalue weighted by Gasteiger charge is -2.24. The van der Waals surface area contributed by atoms with Gasteiger partial charge in [0.05, 0.1) is 19.3 Å². The molecule has 0 aromatic carbocycles. The van der Waals surface area contributed by atoms with Gasteiger partial charge < -0.3 is 10.1 Å². The standard InChI is InChI=1S/C16H29N5O2/c1-13(2)6-9-20-8-4-5-14(20)11-21-12-15(18-19-21)16(22)17-7-10-23-3/h12-14H,4-11H2,1-3H3,(H,17,22)/t14-/m0/s1. The molecule has 0 bridgehead atoms. The summed E-state index contributed by atoms with van der Waals surface area (Å²) in [6.07, 6.45) is 5.39. The number of rotatable bonds is 9. The summed E-state index contributed by atoms with van der Waals surface area (Å²) in [4.78, 5) is 14.5. The molecule has 0 unspecified atom stereocenters. The minimum Gasteiger partial charge on any atom is -0.383 e. The monoisotopic (exact) mass is 323 g/mol. The Morgan fingerprint density at radius 2 is 2.35 bits per heavy atom. The van der Waals surface area contributed by atoms with Gasteiger partial charge in [0, 0.05) is 19.7 Å². The molecule has 2 rings (SSSR count). The summed E-state index contributed by atoms with van der Waals surface area (Å²) < 4.78 is 6.71. The van der Waals surface area contributed by atoms with E-state index in [1.165, 1.54) is 19.3 Å². The number of hydrogen-bond donors (Lipinski definition) is 1. The molecule has 7 heteroatoms. The van der Waals surface area contributed by atoms with Gasteiger partial charge in [0.15, 0.2) is 5.69 Å². The third-order valence-corrected chi connectivity index (χ3v) is 4.25. The Morgan fingerprint density at radius 3 is 3.09 bits per heavy atom. The minimum absolute atomic E-state index is 0.198. The van der Waals surface area contributed by atoms with E-state index in [-0.39, 0.29) is 5.91 Å². The van der Waals surface area contributed by atoms with Gasteiger partial charge in [-0.1, -0.05) is 19.1 Å². The fraction of sp³-hybridized carbons (Fsp3) is 0.812. The summed E-state index contributed by atoms with van der Waals surface area (Å²) in [6.45, 7) is 8.60. The van der Waals surface area contributed by atoms with E-state index in [1.54, 1.807) is 18.0 Å². The number of methoxy groups -OCH3 is 1. The van der Waals surface area contributed by atoms with E-state index in [1.807, 2.05) is 0 Å². The molecule has 1 aliphatic rings. The SMILES string of the molecule is COCCNC(=O)c1cn(C[C@@H]2CCCN2CCC(C)C)nn1. The molecule has 1 fully saturated rings. The molecular weight excluding hydrogens is 294 g/mol. The van der Waals surface area contributed by atoms with Crippen molar-refractivity contribution in [2.45, 2.75) is 45.7 Å². The summed E-state index contributed by atoms with van der Waals surface area (Å²) >= 11 is 0. The number of aromatic nitrogens is 3. The normalized spacial score (nSPS) is 18.7. The summed E-state index contributed by atoms with van der Waals surface area (Å²) in [5, 5.41) is 10.8. The maximum atomic E-state index is 11.9. The molecule has 1 aromatic heterocycles. The van der Waals surface area contributed by atoms with E-state index >= 15 is 0 Å². The average Bonchev–Trinajstić information content (AvgIpc) is 3.15. The number of carbonyl (C=O) groups excluding carboxylic acids is 1. The highest BCUT2D eigenvalue weighted by Crippen LogP contribution is 2.20. The van der Waals surface area contributed by atoms with Crippen LogP contribution in [0.25, 0.3) is 0 Å². The van der Waals surface area contributed by atoms with Crippen molar-refractivity contribution in [2.75, 3.05) is 33.4 Å². The largest absolute Gasteiger partial charge is 0.383 e. The van der Waals surface area contributed by atoms with E-state index in [2.05, 4.69) is 34.4 Å². The molecule has 0 aliphatic carbocycles. The molecule has 0 saturated carbocycles. The number of ether oxygens (including phenoxy) is 1. The zero-order chi connectivity index (χ0) is 16.7. The first-order valence-electron chi connectivity index (χ1n) is 8.51. The van der Waals surface area contributed by atoms with Gasteiger partial charge in [0.25, 0.3) is 5.91 Å². The molecule has 1 aromatic rings. The summed E-state index contributed by atoms with van der Waals surface area (Å²) in [5.74, 6) is 0.529. The van der Waals surface area contributed by atoms with E-state index < -0.39 is 0 Å². The second-order valence-electron chi connectivity index (χ2n) is 6.59. The Morgan fingerprint density at radius 1 is 1.52 bits per heavy atom. The molecule has 0 spiro atoms. The van der Waals surface area contributed by atoms with E-state index in [4.69, 9.17) is 4.74 Å². The minimum atomic E-state index is -0.198. The Labute approximate surface area is 138 Å². The number of amides is 1. The van der Waals surface area contributed by atoms with Crippen LogP contribution in [0.5, 0.6) is 0 Å².